The van der Waals surface area contributed by atoms with Gasteiger partial charge >= 0.3 is 5.91 Å². The minimum atomic E-state index is -0.655. The Labute approximate surface area is 169 Å². The number of nitrogen functional groups attached to an aromatic ring is 1. The van der Waals surface area contributed by atoms with Crippen molar-refractivity contribution in [3.63, 3.8) is 0 Å². The maximum absolute atomic E-state index is 12.1. The largest absolute Gasteiger partial charge is 0.451 e. The summed E-state index contributed by atoms with van der Waals surface area (Å²) in [7, 11) is 0. The first-order chi connectivity index (χ1) is 14.0. The van der Waals surface area contributed by atoms with Gasteiger partial charge in [-0.05, 0) is 24.3 Å². The summed E-state index contributed by atoms with van der Waals surface area (Å²) in [6.45, 7) is 0. The number of hydrogen-bond donors (Lipinski definition) is 4. The highest BCUT2D eigenvalue weighted by atomic mass is 35.5. The van der Waals surface area contributed by atoms with Crippen LogP contribution in [0.1, 0.15) is 17.0 Å². The molecule has 0 aliphatic rings. The Morgan fingerprint density at radius 2 is 1.76 bits per heavy atom. The molecular weight excluding hydrogens is 398 g/mol. The maximum atomic E-state index is 12.1. The number of nitrogens with zero attached hydrogens (tertiary/aromatic N) is 1. The van der Waals surface area contributed by atoms with Crippen molar-refractivity contribution in [2.75, 3.05) is 5.32 Å². The molecule has 0 saturated heterocycles. The van der Waals surface area contributed by atoms with Crippen LogP contribution >= 0.6 is 11.6 Å². The van der Waals surface area contributed by atoms with Crippen molar-refractivity contribution >= 4 is 46.0 Å². The van der Waals surface area contributed by atoms with Crippen molar-refractivity contribution in [3.05, 3.63) is 70.7 Å². The number of carbonyl (C=O) groups excluding carboxylic acids is 3. The monoisotopic (exact) mass is 413 g/mol. The fourth-order valence-electron chi connectivity index (χ4n) is 2.46. The van der Waals surface area contributed by atoms with Crippen molar-refractivity contribution < 1.29 is 18.8 Å². The standard InChI is InChI=1S/C19H16ClN5O4/c20-12-6-2-3-7-13(12)22-17(26)10-18(27)25-24-14-9-16(19(28)23-21)29-15-8-4-1-5-11(14)15/h1-9H,10,21H2,(H,22,26)(H,23,28)(H,25,27)/b24-14-. The Morgan fingerprint density at radius 3 is 2.52 bits per heavy atom. The quantitative estimate of drug-likeness (QED) is 0.218. The minimum absolute atomic E-state index is 0.0874. The molecule has 3 amide bonds. The number of anilines is 1. The number of hydrazine groups is 1. The van der Waals surface area contributed by atoms with Crippen molar-refractivity contribution in [1.29, 1.82) is 0 Å². The summed E-state index contributed by atoms with van der Waals surface area (Å²) < 4.78 is 5.46. The van der Waals surface area contributed by atoms with Crippen molar-refractivity contribution in [2.45, 2.75) is 6.42 Å². The fourth-order valence-corrected chi connectivity index (χ4v) is 2.64. The molecule has 148 valence electrons. The van der Waals surface area contributed by atoms with Gasteiger partial charge < -0.3 is 9.73 Å². The van der Waals surface area contributed by atoms with Gasteiger partial charge in [0, 0.05) is 11.5 Å². The van der Waals surface area contributed by atoms with Gasteiger partial charge in [-0.25, -0.2) is 11.3 Å². The maximum Gasteiger partial charge on any atom is 0.300 e. The lowest BCUT2D eigenvalue weighted by Crippen LogP contribution is -2.31. The second-order valence-electron chi connectivity index (χ2n) is 5.82. The molecule has 10 heteroatoms. The van der Waals surface area contributed by atoms with Crippen LogP contribution < -0.4 is 27.4 Å². The van der Waals surface area contributed by atoms with E-state index in [2.05, 4.69) is 15.8 Å². The zero-order chi connectivity index (χ0) is 20.8. The molecule has 3 aromatic rings. The number of nitrogens with one attached hydrogen (secondary N) is 3. The minimum Gasteiger partial charge on any atom is -0.451 e. The van der Waals surface area contributed by atoms with E-state index in [1.807, 2.05) is 5.43 Å². The molecule has 9 nitrogen and oxygen atoms in total. The van der Waals surface area contributed by atoms with Crippen LogP contribution in [0, 0.1) is 0 Å². The number of amides is 3. The first-order valence-electron chi connectivity index (χ1n) is 8.38. The SMILES string of the molecule is NNC(=O)c1c/c(=N/NC(=O)CC(=O)Nc2ccccc2Cl)c2ccccc2o1. The van der Waals surface area contributed by atoms with Gasteiger partial charge in [0.25, 0.3) is 0 Å². The smallest absolute Gasteiger partial charge is 0.300 e. The third kappa shape index (κ3) is 4.98. The van der Waals surface area contributed by atoms with Crippen LogP contribution in [0.15, 0.2) is 64.1 Å². The van der Waals surface area contributed by atoms with Crippen LogP contribution in [0.25, 0.3) is 11.0 Å². The molecule has 0 fully saturated rings. The van der Waals surface area contributed by atoms with Crippen LogP contribution in [0.4, 0.5) is 5.69 Å². The van der Waals surface area contributed by atoms with Crippen LogP contribution in [0.3, 0.4) is 0 Å². The summed E-state index contributed by atoms with van der Waals surface area (Å²) in [6.07, 6.45) is -0.472. The van der Waals surface area contributed by atoms with Gasteiger partial charge in [0.2, 0.25) is 11.8 Å². The Morgan fingerprint density at radius 1 is 1.03 bits per heavy atom. The highest BCUT2D eigenvalue weighted by Crippen LogP contribution is 2.20. The number of rotatable bonds is 5. The van der Waals surface area contributed by atoms with Crippen molar-refractivity contribution in [3.8, 4) is 0 Å². The highest BCUT2D eigenvalue weighted by Gasteiger charge is 2.12. The van der Waals surface area contributed by atoms with Crippen LogP contribution in [0.2, 0.25) is 5.02 Å². The van der Waals surface area contributed by atoms with Crippen molar-refractivity contribution in [2.24, 2.45) is 10.9 Å². The lowest BCUT2D eigenvalue weighted by Gasteiger charge is -2.06. The Hall–Kier alpha value is -3.69. The second-order valence-corrected chi connectivity index (χ2v) is 6.22. The number of halogens is 1. The zero-order valence-corrected chi connectivity index (χ0v) is 15.7. The van der Waals surface area contributed by atoms with Crippen LogP contribution in [-0.2, 0) is 9.59 Å². The van der Waals surface area contributed by atoms with E-state index in [1.54, 1.807) is 48.5 Å². The molecule has 2 aromatic carbocycles. The normalized spacial score (nSPS) is 11.2. The number of nitrogens with two attached hydrogens (primary N) is 1. The molecule has 3 rings (SSSR count). The molecule has 1 heterocycles. The lowest BCUT2D eigenvalue weighted by molar-refractivity contribution is -0.126. The molecule has 0 atom stereocenters. The molecule has 0 aliphatic carbocycles. The first kappa shape index (κ1) is 20.1. The first-order valence-corrected chi connectivity index (χ1v) is 8.76. The summed E-state index contributed by atoms with van der Waals surface area (Å²) >= 11 is 5.97. The molecule has 0 aliphatic heterocycles. The van der Waals surface area contributed by atoms with E-state index in [1.165, 1.54) is 6.07 Å². The number of benzene rings is 2. The number of hydrogen-bond acceptors (Lipinski definition) is 6. The summed E-state index contributed by atoms with van der Waals surface area (Å²) in [4.78, 5) is 35.9. The predicted octanol–water partition coefficient (Wildman–Crippen LogP) is 1.65. The lowest BCUT2D eigenvalue weighted by atomic mass is 10.2. The van der Waals surface area contributed by atoms with E-state index in [0.29, 0.717) is 21.7 Å². The third-order valence-electron chi connectivity index (χ3n) is 3.78. The van der Waals surface area contributed by atoms with E-state index in [9.17, 15) is 14.4 Å². The average molecular weight is 414 g/mol. The van der Waals surface area contributed by atoms with Crippen LogP contribution in [-0.4, -0.2) is 17.7 Å². The van der Waals surface area contributed by atoms with E-state index < -0.39 is 24.1 Å². The molecule has 1 aromatic heterocycles. The van der Waals surface area contributed by atoms with Gasteiger partial charge in [-0.2, -0.15) is 5.10 Å². The predicted molar refractivity (Wildman–Crippen MR) is 106 cm³/mol. The molecular formula is C19H16ClN5O4. The average Bonchev–Trinajstić information content (AvgIpc) is 2.72. The van der Waals surface area contributed by atoms with Gasteiger partial charge in [-0.15, -0.1) is 0 Å². The van der Waals surface area contributed by atoms with Gasteiger partial charge in [0.05, 0.1) is 16.1 Å². The van der Waals surface area contributed by atoms with Gasteiger partial charge in [-0.3, -0.25) is 19.8 Å². The Balaban J connectivity index is 1.77. The van der Waals surface area contributed by atoms with Crippen LogP contribution in [0.5, 0.6) is 0 Å². The van der Waals surface area contributed by atoms with E-state index >= 15 is 0 Å². The summed E-state index contributed by atoms with van der Waals surface area (Å²) in [6, 6.07) is 14.8. The number of fused-ring (bicyclic) bond motifs is 1. The van der Waals surface area contributed by atoms with Gasteiger partial charge in [0.1, 0.15) is 12.0 Å². The molecule has 29 heavy (non-hydrogen) atoms. The Kier molecular flexibility index (Phi) is 6.22. The summed E-state index contributed by atoms with van der Waals surface area (Å²) in [5.74, 6) is 3.19. The third-order valence-corrected chi connectivity index (χ3v) is 4.11. The zero-order valence-electron chi connectivity index (χ0n) is 14.9. The molecule has 0 bridgehead atoms. The number of carbonyl (C=O) groups is 3. The molecule has 0 saturated carbocycles. The van der Waals surface area contributed by atoms with Crippen molar-refractivity contribution in [1.82, 2.24) is 10.9 Å². The molecule has 0 unspecified atom stereocenters. The molecule has 0 radical (unpaired) electrons. The van der Waals surface area contributed by atoms with E-state index in [4.69, 9.17) is 21.9 Å². The fraction of sp³-hybridized carbons (Fsp3) is 0.0526. The molecule has 0 spiro atoms. The second kappa shape index (κ2) is 9.00. The summed E-state index contributed by atoms with van der Waals surface area (Å²) in [5.41, 5.74) is 5.03. The topological polar surface area (TPSA) is 139 Å². The highest BCUT2D eigenvalue weighted by molar-refractivity contribution is 6.33. The molecule has 5 N–H and O–H groups in total. The number of para-hydroxylation sites is 2. The van der Waals surface area contributed by atoms with E-state index in [0.717, 1.165) is 0 Å². The Bertz CT molecular complexity index is 1160. The van der Waals surface area contributed by atoms with Gasteiger partial charge in [-0.1, -0.05) is 35.9 Å². The summed E-state index contributed by atoms with van der Waals surface area (Å²) in [5, 5.41) is 7.73. The van der Waals surface area contributed by atoms with Gasteiger partial charge in [0.15, 0.2) is 5.76 Å². The van der Waals surface area contributed by atoms with E-state index in [-0.39, 0.29) is 11.1 Å².